The average molecular weight is 327 g/mol. The Morgan fingerprint density at radius 2 is 1.39 bits per heavy atom. The van der Waals surface area contributed by atoms with Crippen LogP contribution in [-0.4, -0.2) is 43.9 Å². The molecule has 7 heteroatoms. The molecule has 2 aliphatic carbocycles. The van der Waals surface area contributed by atoms with Crippen molar-refractivity contribution in [3.8, 4) is 0 Å². The molecule has 7 nitrogen and oxygen atoms in total. The summed E-state index contributed by atoms with van der Waals surface area (Å²) in [4.78, 5) is 34.6. The Balaban J connectivity index is 2.44. The number of Topliss-reactive ketones (excluding diaryl/α,β-unsaturated/α-hetero) is 2. The summed E-state index contributed by atoms with van der Waals surface area (Å²) in [7, 11) is 0. The van der Waals surface area contributed by atoms with E-state index in [1.807, 2.05) is 0 Å². The van der Waals surface area contributed by atoms with E-state index < -0.39 is 33.7 Å². The van der Waals surface area contributed by atoms with Crippen molar-refractivity contribution in [2.75, 3.05) is 0 Å². The standard InChI is InChI=1S/C16H25NO6/c1-10(18)15(20)8-13(12-6-4-3-5-7-12)9-16(21,11(2)19)14(15)17(22)23/h12-14,20-21H,3-9H2,1-2H3/t13-,14-,15+,16-. The lowest BCUT2D eigenvalue weighted by Crippen LogP contribution is -2.70. The number of nitro groups is 1. The topological polar surface area (TPSA) is 118 Å². The Hall–Kier alpha value is -1.34. The average Bonchev–Trinajstić information content (AvgIpc) is 2.46. The molecule has 0 saturated heterocycles. The number of ketones is 2. The quantitative estimate of drug-likeness (QED) is 0.593. The van der Waals surface area contributed by atoms with Crippen molar-refractivity contribution in [2.24, 2.45) is 11.8 Å². The second kappa shape index (κ2) is 6.28. The first-order valence-corrected chi connectivity index (χ1v) is 8.23. The fraction of sp³-hybridized carbons (Fsp3) is 0.875. The van der Waals surface area contributed by atoms with Gasteiger partial charge in [-0.25, -0.2) is 0 Å². The molecule has 2 saturated carbocycles. The zero-order valence-electron chi connectivity index (χ0n) is 13.7. The Morgan fingerprint density at radius 3 is 1.74 bits per heavy atom. The number of nitrogens with zero attached hydrogens (tertiary/aromatic N) is 1. The summed E-state index contributed by atoms with van der Waals surface area (Å²) in [5.74, 6) is -1.62. The SMILES string of the molecule is CC(=O)[C@]1(O)C[C@H](C2CCCCC2)C[C@](O)(C(C)=O)[C@H]1[N+](=O)[O-]. The van der Waals surface area contributed by atoms with Crippen molar-refractivity contribution in [1.29, 1.82) is 0 Å². The van der Waals surface area contributed by atoms with E-state index in [9.17, 15) is 29.9 Å². The van der Waals surface area contributed by atoms with Gasteiger partial charge in [-0.2, -0.15) is 0 Å². The van der Waals surface area contributed by atoms with Crippen molar-refractivity contribution in [2.45, 2.75) is 76.0 Å². The Morgan fingerprint density at radius 1 is 0.957 bits per heavy atom. The molecule has 0 aromatic carbocycles. The molecule has 0 aromatic rings. The molecule has 2 aliphatic rings. The van der Waals surface area contributed by atoms with Crippen molar-refractivity contribution < 1.29 is 24.7 Å². The van der Waals surface area contributed by atoms with Gasteiger partial charge in [0.05, 0.1) is 0 Å². The minimum absolute atomic E-state index is 0.0613. The molecule has 23 heavy (non-hydrogen) atoms. The Labute approximate surface area is 135 Å². The second-order valence-electron chi connectivity index (χ2n) is 7.22. The maximum atomic E-state index is 12.0. The number of carbonyl (C=O) groups excluding carboxylic acids is 2. The number of hydrogen-bond acceptors (Lipinski definition) is 6. The van der Waals surface area contributed by atoms with Crippen molar-refractivity contribution in [3.63, 3.8) is 0 Å². The van der Waals surface area contributed by atoms with E-state index in [1.54, 1.807) is 0 Å². The molecule has 0 spiro atoms. The summed E-state index contributed by atoms with van der Waals surface area (Å²) in [6.45, 7) is 2.17. The first kappa shape index (κ1) is 18.0. The van der Waals surface area contributed by atoms with Crippen molar-refractivity contribution in [3.05, 3.63) is 10.1 Å². The maximum Gasteiger partial charge on any atom is 0.283 e. The van der Waals surface area contributed by atoms with Crippen LogP contribution in [0.4, 0.5) is 0 Å². The van der Waals surface area contributed by atoms with E-state index in [-0.39, 0.29) is 24.7 Å². The molecule has 2 N–H and O–H groups in total. The highest BCUT2D eigenvalue weighted by molar-refractivity contribution is 5.91. The molecule has 0 heterocycles. The number of carbonyl (C=O) groups is 2. The van der Waals surface area contributed by atoms with E-state index in [1.165, 1.54) is 0 Å². The Bertz CT molecular complexity index is 485. The van der Waals surface area contributed by atoms with Crippen LogP contribution in [0.1, 0.15) is 58.8 Å². The van der Waals surface area contributed by atoms with Gasteiger partial charge in [-0.3, -0.25) is 19.7 Å². The van der Waals surface area contributed by atoms with Crippen LogP contribution in [0.3, 0.4) is 0 Å². The second-order valence-corrected chi connectivity index (χ2v) is 7.22. The van der Waals surface area contributed by atoms with Crippen LogP contribution in [0.5, 0.6) is 0 Å². The summed E-state index contributed by atoms with van der Waals surface area (Å²) in [5.41, 5.74) is -4.60. The van der Waals surface area contributed by atoms with Gasteiger partial charge in [0.25, 0.3) is 6.04 Å². The van der Waals surface area contributed by atoms with Gasteiger partial charge in [-0.15, -0.1) is 0 Å². The fourth-order valence-corrected chi connectivity index (χ4v) is 4.45. The largest absolute Gasteiger partial charge is 0.376 e. The van der Waals surface area contributed by atoms with Gasteiger partial charge in [0, 0.05) is 4.92 Å². The van der Waals surface area contributed by atoms with Crippen LogP contribution in [0.25, 0.3) is 0 Å². The normalized spacial score (nSPS) is 39.0. The molecule has 0 unspecified atom stereocenters. The highest BCUT2D eigenvalue weighted by atomic mass is 16.6. The Kier molecular flexibility index (Phi) is 4.92. The highest BCUT2D eigenvalue weighted by Crippen LogP contribution is 2.47. The van der Waals surface area contributed by atoms with E-state index in [4.69, 9.17) is 0 Å². The van der Waals surface area contributed by atoms with Crippen LogP contribution >= 0.6 is 0 Å². The summed E-state index contributed by atoms with van der Waals surface area (Å²) >= 11 is 0. The van der Waals surface area contributed by atoms with Gasteiger partial charge >= 0.3 is 0 Å². The lowest BCUT2D eigenvalue weighted by molar-refractivity contribution is -0.565. The first-order chi connectivity index (χ1) is 10.6. The van der Waals surface area contributed by atoms with Gasteiger partial charge in [0.15, 0.2) is 22.8 Å². The van der Waals surface area contributed by atoms with Gasteiger partial charge < -0.3 is 10.2 Å². The van der Waals surface area contributed by atoms with Crippen LogP contribution in [0.15, 0.2) is 0 Å². The number of hydrogen-bond donors (Lipinski definition) is 2. The van der Waals surface area contributed by atoms with Gasteiger partial charge in [-0.05, 0) is 38.5 Å². The third-order valence-corrected chi connectivity index (χ3v) is 5.80. The van der Waals surface area contributed by atoms with Crippen LogP contribution in [0, 0.1) is 22.0 Å². The van der Waals surface area contributed by atoms with E-state index >= 15 is 0 Å². The predicted octanol–water partition coefficient (Wildman–Crippen LogP) is 1.26. The lowest BCUT2D eigenvalue weighted by Gasteiger charge is -2.47. The fourth-order valence-electron chi connectivity index (χ4n) is 4.45. The monoisotopic (exact) mass is 327 g/mol. The van der Waals surface area contributed by atoms with Gasteiger partial charge in [0.2, 0.25) is 0 Å². The van der Waals surface area contributed by atoms with Crippen LogP contribution < -0.4 is 0 Å². The van der Waals surface area contributed by atoms with Crippen molar-refractivity contribution >= 4 is 11.6 Å². The van der Waals surface area contributed by atoms with Crippen molar-refractivity contribution in [1.82, 2.24) is 0 Å². The summed E-state index contributed by atoms with van der Waals surface area (Å²) in [6.07, 6.45) is 4.84. The minimum Gasteiger partial charge on any atom is -0.376 e. The predicted molar refractivity (Wildman–Crippen MR) is 81.3 cm³/mol. The highest BCUT2D eigenvalue weighted by Gasteiger charge is 2.67. The minimum atomic E-state index is -2.30. The van der Waals surface area contributed by atoms with E-state index in [2.05, 4.69) is 0 Å². The summed E-state index contributed by atoms with van der Waals surface area (Å²) in [6, 6.07) is -2.01. The molecular weight excluding hydrogens is 302 g/mol. The molecule has 0 radical (unpaired) electrons. The van der Waals surface area contributed by atoms with E-state index in [0.29, 0.717) is 0 Å². The van der Waals surface area contributed by atoms with Crippen LogP contribution in [-0.2, 0) is 9.59 Å². The molecule has 4 atom stereocenters. The number of aliphatic hydroxyl groups is 2. The molecule has 2 rings (SSSR count). The smallest absolute Gasteiger partial charge is 0.283 e. The third-order valence-electron chi connectivity index (χ3n) is 5.80. The number of rotatable bonds is 4. The molecule has 0 aromatic heterocycles. The first-order valence-electron chi connectivity index (χ1n) is 8.23. The van der Waals surface area contributed by atoms with Gasteiger partial charge in [0.1, 0.15) is 0 Å². The maximum absolute atomic E-state index is 12.0. The summed E-state index contributed by atoms with van der Waals surface area (Å²) in [5, 5.41) is 33.0. The van der Waals surface area contributed by atoms with Crippen LogP contribution in [0.2, 0.25) is 0 Å². The molecule has 0 bridgehead atoms. The van der Waals surface area contributed by atoms with E-state index in [0.717, 1.165) is 46.0 Å². The molecule has 2 fully saturated rings. The third kappa shape index (κ3) is 3.04. The molecule has 130 valence electrons. The molecule has 0 amide bonds. The summed E-state index contributed by atoms with van der Waals surface area (Å²) < 4.78 is 0. The zero-order valence-corrected chi connectivity index (χ0v) is 13.7. The molecule has 0 aliphatic heterocycles. The van der Waals surface area contributed by atoms with Gasteiger partial charge in [-0.1, -0.05) is 32.1 Å². The lowest BCUT2D eigenvalue weighted by atomic mass is 9.59. The molecular formula is C16H25NO6. The zero-order chi connectivity index (χ0) is 17.4.